The van der Waals surface area contributed by atoms with Gasteiger partial charge in [0, 0.05) is 12.6 Å². The van der Waals surface area contributed by atoms with Crippen molar-refractivity contribution < 1.29 is 5.11 Å². The summed E-state index contributed by atoms with van der Waals surface area (Å²) in [6.45, 7) is 7.01. The Labute approximate surface area is 122 Å². The molecule has 3 rings (SSSR count). The highest BCUT2D eigenvalue weighted by atomic mass is 16.3. The zero-order chi connectivity index (χ0) is 14.1. The third kappa shape index (κ3) is 2.64. The number of hydrogen-bond donors (Lipinski definition) is 1. The van der Waals surface area contributed by atoms with Crippen LogP contribution in [-0.2, 0) is 6.42 Å². The van der Waals surface area contributed by atoms with Gasteiger partial charge in [0.1, 0.15) is 0 Å². The molecule has 4 unspecified atom stereocenters. The maximum Gasteiger partial charge on any atom is 0.0947 e. The Bertz CT molecular complexity index is 458. The lowest BCUT2D eigenvalue weighted by Gasteiger charge is -2.41. The minimum atomic E-state index is -0.311. The predicted molar refractivity (Wildman–Crippen MR) is 82.6 cm³/mol. The van der Waals surface area contributed by atoms with Crippen molar-refractivity contribution in [2.45, 2.75) is 51.7 Å². The number of rotatable bonds is 1. The van der Waals surface area contributed by atoms with Crippen LogP contribution < -0.4 is 0 Å². The van der Waals surface area contributed by atoms with Crippen LogP contribution in [-0.4, -0.2) is 29.1 Å². The molecule has 0 spiro atoms. The minimum Gasteiger partial charge on any atom is -0.387 e. The van der Waals surface area contributed by atoms with Crippen LogP contribution in [0.2, 0.25) is 0 Å². The first kappa shape index (κ1) is 14.1. The molecule has 1 heterocycles. The smallest absolute Gasteiger partial charge is 0.0947 e. The van der Waals surface area contributed by atoms with Crippen LogP contribution in [0.15, 0.2) is 24.3 Å². The molecular formula is C18H27NO. The number of piperidine rings is 1. The van der Waals surface area contributed by atoms with Gasteiger partial charge in [-0.25, -0.2) is 0 Å². The van der Waals surface area contributed by atoms with Gasteiger partial charge in [0.2, 0.25) is 0 Å². The van der Waals surface area contributed by atoms with E-state index in [0.717, 1.165) is 37.8 Å². The van der Waals surface area contributed by atoms with Crippen molar-refractivity contribution in [3.8, 4) is 0 Å². The molecule has 4 atom stereocenters. The highest BCUT2D eigenvalue weighted by Gasteiger charge is 2.34. The van der Waals surface area contributed by atoms with Crippen molar-refractivity contribution >= 4 is 0 Å². The molecule has 2 heteroatoms. The Morgan fingerprint density at radius 2 is 1.90 bits per heavy atom. The molecule has 20 heavy (non-hydrogen) atoms. The average molecular weight is 273 g/mol. The number of hydrogen-bond acceptors (Lipinski definition) is 2. The quantitative estimate of drug-likeness (QED) is 0.793. The molecule has 1 aromatic rings. The van der Waals surface area contributed by atoms with Crippen LogP contribution in [0.5, 0.6) is 0 Å². The van der Waals surface area contributed by atoms with Gasteiger partial charge in [-0.3, -0.25) is 4.90 Å². The van der Waals surface area contributed by atoms with E-state index >= 15 is 0 Å². The highest BCUT2D eigenvalue weighted by Crippen LogP contribution is 2.34. The summed E-state index contributed by atoms with van der Waals surface area (Å²) in [4.78, 5) is 2.55. The maximum absolute atomic E-state index is 10.9. The number of aliphatic hydroxyl groups is 1. The van der Waals surface area contributed by atoms with E-state index in [-0.39, 0.29) is 6.10 Å². The summed E-state index contributed by atoms with van der Waals surface area (Å²) in [5.41, 5.74) is 2.52. The lowest BCUT2D eigenvalue weighted by molar-refractivity contribution is 0.0108. The first-order valence-electron chi connectivity index (χ1n) is 8.16. The fraction of sp³-hybridized carbons (Fsp3) is 0.667. The van der Waals surface area contributed by atoms with Gasteiger partial charge < -0.3 is 5.11 Å². The van der Waals surface area contributed by atoms with Crippen LogP contribution in [0.25, 0.3) is 0 Å². The Kier molecular flexibility index (Phi) is 4.13. The monoisotopic (exact) mass is 273 g/mol. The predicted octanol–water partition coefficient (Wildman–Crippen LogP) is 3.40. The molecular weight excluding hydrogens is 246 g/mol. The molecule has 0 aromatic heterocycles. The summed E-state index contributed by atoms with van der Waals surface area (Å²) in [5, 5.41) is 10.9. The van der Waals surface area contributed by atoms with Crippen molar-refractivity contribution in [2.24, 2.45) is 11.8 Å². The molecule has 110 valence electrons. The minimum absolute atomic E-state index is 0.311. The summed E-state index contributed by atoms with van der Waals surface area (Å²) in [6, 6.07) is 8.77. The third-order valence-electron chi connectivity index (χ3n) is 5.52. The number of likely N-dealkylation sites (tertiary alicyclic amines) is 1. The average Bonchev–Trinajstić information content (AvgIpc) is 2.62. The van der Waals surface area contributed by atoms with Crippen molar-refractivity contribution in [2.75, 3.05) is 13.1 Å². The highest BCUT2D eigenvalue weighted by molar-refractivity contribution is 5.31. The van der Waals surface area contributed by atoms with Gasteiger partial charge in [0.25, 0.3) is 0 Å². The van der Waals surface area contributed by atoms with Crippen LogP contribution in [0.1, 0.15) is 50.3 Å². The maximum atomic E-state index is 10.9. The molecule has 2 aliphatic rings. The number of nitrogens with zero attached hydrogens (tertiary/aromatic N) is 1. The van der Waals surface area contributed by atoms with Gasteiger partial charge >= 0.3 is 0 Å². The fourth-order valence-corrected chi connectivity index (χ4v) is 3.90. The summed E-state index contributed by atoms with van der Waals surface area (Å²) in [6.07, 6.45) is 4.39. The number of aliphatic hydroxyl groups excluding tert-OH is 1. The van der Waals surface area contributed by atoms with Crippen LogP contribution >= 0.6 is 0 Å². The second-order valence-corrected chi connectivity index (χ2v) is 6.84. The summed E-state index contributed by atoms with van der Waals surface area (Å²) in [5.74, 6) is 1.57. The van der Waals surface area contributed by atoms with Gasteiger partial charge in [0.15, 0.2) is 0 Å². The van der Waals surface area contributed by atoms with E-state index in [0.29, 0.717) is 6.04 Å². The molecule has 1 aromatic carbocycles. The molecule has 0 amide bonds. The van der Waals surface area contributed by atoms with Crippen molar-refractivity contribution in [1.82, 2.24) is 4.90 Å². The van der Waals surface area contributed by atoms with E-state index in [4.69, 9.17) is 0 Å². The van der Waals surface area contributed by atoms with E-state index in [9.17, 15) is 5.11 Å². The van der Waals surface area contributed by atoms with Crippen LogP contribution in [0.4, 0.5) is 0 Å². The number of aryl methyl sites for hydroxylation is 1. The topological polar surface area (TPSA) is 23.5 Å². The molecule has 1 aliphatic heterocycles. The lowest BCUT2D eigenvalue weighted by atomic mass is 9.86. The number of benzene rings is 1. The van der Waals surface area contributed by atoms with E-state index in [1.54, 1.807) is 0 Å². The van der Waals surface area contributed by atoms with E-state index < -0.39 is 0 Å². The Morgan fingerprint density at radius 3 is 2.70 bits per heavy atom. The van der Waals surface area contributed by atoms with E-state index in [2.05, 4.69) is 43.0 Å². The van der Waals surface area contributed by atoms with Crippen LogP contribution in [0.3, 0.4) is 0 Å². The standard InChI is InChI=1S/C18H27NO/c1-13-10-11-19(12-14(13)2)17-9-5-7-15-6-3-4-8-16(15)18(17)20/h3-4,6,8,13-14,17-18,20H,5,7,9-12H2,1-2H3. The fourth-order valence-electron chi connectivity index (χ4n) is 3.90. The van der Waals surface area contributed by atoms with Crippen molar-refractivity contribution in [3.63, 3.8) is 0 Å². The van der Waals surface area contributed by atoms with Gasteiger partial charge in [-0.05, 0) is 55.2 Å². The molecule has 0 radical (unpaired) electrons. The number of fused-ring (bicyclic) bond motifs is 1. The third-order valence-corrected chi connectivity index (χ3v) is 5.52. The normalized spacial score (nSPS) is 35.4. The zero-order valence-corrected chi connectivity index (χ0v) is 12.8. The first-order valence-corrected chi connectivity index (χ1v) is 8.16. The lowest BCUT2D eigenvalue weighted by Crippen LogP contribution is -2.47. The zero-order valence-electron chi connectivity index (χ0n) is 12.8. The molecule has 1 aliphatic carbocycles. The van der Waals surface area contributed by atoms with E-state index in [1.807, 2.05) is 0 Å². The molecule has 1 saturated heterocycles. The van der Waals surface area contributed by atoms with Gasteiger partial charge in [-0.15, -0.1) is 0 Å². The Morgan fingerprint density at radius 1 is 1.10 bits per heavy atom. The second-order valence-electron chi connectivity index (χ2n) is 6.84. The Balaban J connectivity index is 1.80. The van der Waals surface area contributed by atoms with Crippen LogP contribution in [0, 0.1) is 11.8 Å². The van der Waals surface area contributed by atoms with Crippen molar-refractivity contribution in [1.29, 1.82) is 0 Å². The second kappa shape index (κ2) is 5.87. The molecule has 1 fully saturated rings. The molecule has 0 saturated carbocycles. The SMILES string of the molecule is CC1CCN(C2CCCc3ccccc3C2O)CC1C. The molecule has 1 N–H and O–H groups in total. The summed E-state index contributed by atoms with van der Waals surface area (Å²) < 4.78 is 0. The summed E-state index contributed by atoms with van der Waals surface area (Å²) >= 11 is 0. The van der Waals surface area contributed by atoms with E-state index in [1.165, 1.54) is 24.0 Å². The van der Waals surface area contributed by atoms with Crippen molar-refractivity contribution in [3.05, 3.63) is 35.4 Å². The van der Waals surface area contributed by atoms with Gasteiger partial charge in [-0.2, -0.15) is 0 Å². The molecule has 2 nitrogen and oxygen atoms in total. The van der Waals surface area contributed by atoms with Gasteiger partial charge in [-0.1, -0.05) is 38.1 Å². The largest absolute Gasteiger partial charge is 0.387 e. The Hall–Kier alpha value is -0.860. The molecule has 0 bridgehead atoms. The summed E-state index contributed by atoms with van der Waals surface area (Å²) in [7, 11) is 0. The first-order chi connectivity index (χ1) is 9.66. The van der Waals surface area contributed by atoms with Gasteiger partial charge in [0.05, 0.1) is 6.10 Å².